The van der Waals surface area contributed by atoms with E-state index in [0.717, 1.165) is 15.3 Å². The van der Waals surface area contributed by atoms with Gasteiger partial charge in [0.1, 0.15) is 12.4 Å². The molecule has 0 amide bonds. The molecular weight excluding hydrogens is 412 g/mol. The molecule has 0 aliphatic heterocycles. The molecule has 2 rings (SSSR count). The first-order chi connectivity index (χ1) is 6.27. The molecule has 0 unspecified atom stereocenters. The topological polar surface area (TPSA) is 30.7 Å². The minimum Gasteiger partial charge on any atom is -0.318 e. The third kappa shape index (κ3) is 2.21. The van der Waals surface area contributed by atoms with E-state index in [4.69, 9.17) is 0 Å². The molecule has 0 aliphatic rings. The maximum absolute atomic E-state index is 4.23. The van der Waals surface area contributed by atoms with Crippen molar-refractivity contribution in [3.63, 3.8) is 0 Å². The minimum atomic E-state index is 0.825. The zero-order chi connectivity index (χ0) is 9.26. The molecule has 0 atom stereocenters. The molecule has 0 bridgehead atoms. The van der Waals surface area contributed by atoms with Crippen LogP contribution in [0.3, 0.4) is 0 Å². The molecule has 0 N–H and O–H groups in total. The summed E-state index contributed by atoms with van der Waals surface area (Å²) in [4.78, 5) is 8.44. The van der Waals surface area contributed by atoms with Crippen LogP contribution in [0.1, 0.15) is 5.01 Å². The van der Waals surface area contributed by atoms with E-state index in [-0.39, 0.29) is 0 Å². The summed E-state index contributed by atoms with van der Waals surface area (Å²) in [5.74, 6) is 0. The first kappa shape index (κ1) is 9.84. The van der Waals surface area contributed by atoms with Gasteiger partial charge in [-0.05, 0) is 45.2 Å². The van der Waals surface area contributed by atoms with Crippen molar-refractivity contribution < 1.29 is 0 Å². The normalized spacial score (nSPS) is 10.6. The molecule has 6 heteroatoms. The lowest BCUT2D eigenvalue weighted by Gasteiger charge is -1.99. The molecule has 0 saturated carbocycles. The number of thiazole rings is 1. The van der Waals surface area contributed by atoms with Gasteiger partial charge in [-0.2, -0.15) is 0 Å². The van der Waals surface area contributed by atoms with Gasteiger partial charge in [0.05, 0.1) is 12.9 Å². The van der Waals surface area contributed by atoms with Gasteiger partial charge in [-0.3, -0.25) is 0 Å². The SMILES string of the molecule is Ic1ncn(Cc2nccs2)c1I. The quantitative estimate of drug-likeness (QED) is 0.704. The highest BCUT2D eigenvalue weighted by Gasteiger charge is 2.05. The Hall–Kier alpha value is 0.300. The van der Waals surface area contributed by atoms with Gasteiger partial charge < -0.3 is 4.57 Å². The van der Waals surface area contributed by atoms with Crippen LogP contribution in [0.25, 0.3) is 0 Å². The molecule has 0 aromatic carbocycles. The maximum atomic E-state index is 4.23. The third-order valence-electron chi connectivity index (χ3n) is 1.52. The monoisotopic (exact) mass is 417 g/mol. The van der Waals surface area contributed by atoms with Gasteiger partial charge in [-0.15, -0.1) is 11.3 Å². The molecule has 0 aliphatic carbocycles. The number of nitrogens with zero attached hydrogens (tertiary/aromatic N) is 3. The lowest BCUT2D eigenvalue weighted by atomic mass is 10.6. The number of hydrogen-bond donors (Lipinski definition) is 0. The molecule has 2 heterocycles. The van der Waals surface area contributed by atoms with Crippen molar-refractivity contribution in [2.45, 2.75) is 6.54 Å². The number of halogens is 2. The Kier molecular flexibility index (Phi) is 3.19. The predicted molar refractivity (Wildman–Crippen MR) is 68.9 cm³/mol. The first-order valence-corrected chi connectivity index (χ1v) is 6.55. The lowest BCUT2D eigenvalue weighted by Crippen LogP contribution is -1.99. The summed E-state index contributed by atoms with van der Waals surface area (Å²) in [6, 6.07) is 0. The highest BCUT2D eigenvalue weighted by molar-refractivity contribution is 14.1. The molecule has 3 nitrogen and oxygen atoms in total. The zero-order valence-corrected chi connectivity index (χ0v) is 11.6. The standard InChI is InChI=1S/C7H5I2N3S/c8-6-7(9)12(4-11-6)3-5-10-1-2-13-5/h1-2,4H,3H2. The average molecular weight is 417 g/mol. The number of imidazole rings is 1. The summed E-state index contributed by atoms with van der Waals surface area (Å²) in [5, 5.41) is 3.11. The van der Waals surface area contributed by atoms with Crippen LogP contribution >= 0.6 is 56.5 Å². The highest BCUT2D eigenvalue weighted by atomic mass is 127. The Morgan fingerprint density at radius 2 is 2.23 bits per heavy atom. The Balaban J connectivity index is 2.24. The van der Waals surface area contributed by atoms with E-state index < -0.39 is 0 Å². The molecule has 2 aromatic heterocycles. The van der Waals surface area contributed by atoms with Crippen molar-refractivity contribution in [1.29, 1.82) is 0 Å². The molecule has 0 saturated heterocycles. The van der Waals surface area contributed by atoms with Crippen molar-refractivity contribution >= 4 is 56.5 Å². The largest absolute Gasteiger partial charge is 0.318 e. The Morgan fingerprint density at radius 1 is 1.38 bits per heavy atom. The molecule has 2 aromatic rings. The second-order valence-corrected chi connectivity index (χ2v) is 5.40. The van der Waals surface area contributed by atoms with Gasteiger partial charge in [0.25, 0.3) is 0 Å². The van der Waals surface area contributed by atoms with Gasteiger partial charge >= 0.3 is 0 Å². The van der Waals surface area contributed by atoms with Crippen molar-refractivity contribution in [2.75, 3.05) is 0 Å². The van der Waals surface area contributed by atoms with E-state index in [1.54, 1.807) is 11.3 Å². The van der Waals surface area contributed by atoms with E-state index in [9.17, 15) is 0 Å². The lowest BCUT2D eigenvalue weighted by molar-refractivity contribution is 0.771. The van der Waals surface area contributed by atoms with Gasteiger partial charge in [0.2, 0.25) is 0 Å². The fraction of sp³-hybridized carbons (Fsp3) is 0.143. The minimum absolute atomic E-state index is 0.825. The molecule has 0 radical (unpaired) electrons. The molecule has 13 heavy (non-hydrogen) atoms. The van der Waals surface area contributed by atoms with Crippen molar-refractivity contribution in [1.82, 2.24) is 14.5 Å². The molecule has 68 valence electrons. The summed E-state index contributed by atoms with van der Waals surface area (Å²) < 4.78 is 4.32. The summed E-state index contributed by atoms with van der Waals surface area (Å²) in [6.07, 6.45) is 3.68. The fourth-order valence-corrected chi connectivity index (χ4v) is 2.41. The smallest absolute Gasteiger partial charge is 0.132 e. The van der Waals surface area contributed by atoms with E-state index in [2.05, 4.69) is 59.7 Å². The second-order valence-electron chi connectivity index (χ2n) is 2.38. The first-order valence-electron chi connectivity index (χ1n) is 3.52. The van der Waals surface area contributed by atoms with Crippen LogP contribution in [-0.2, 0) is 6.54 Å². The Labute approximate surface area is 107 Å². The predicted octanol–water partition coefficient (Wildman–Crippen LogP) is 2.60. The fourth-order valence-electron chi connectivity index (χ4n) is 0.930. The van der Waals surface area contributed by atoms with E-state index in [1.165, 1.54) is 3.70 Å². The summed E-state index contributed by atoms with van der Waals surface area (Å²) >= 11 is 6.20. The zero-order valence-electron chi connectivity index (χ0n) is 6.44. The summed E-state index contributed by atoms with van der Waals surface area (Å²) in [6.45, 7) is 0.825. The van der Waals surface area contributed by atoms with Crippen LogP contribution in [0.15, 0.2) is 17.9 Å². The Bertz CT molecular complexity index is 396. The van der Waals surface area contributed by atoms with Gasteiger partial charge in [-0.1, -0.05) is 0 Å². The highest BCUT2D eigenvalue weighted by Crippen LogP contribution is 2.15. The van der Waals surface area contributed by atoms with Gasteiger partial charge in [0.15, 0.2) is 0 Å². The van der Waals surface area contributed by atoms with Crippen LogP contribution in [0.5, 0.6) is 0 Å². The van der Waals surface area contributed by atoms with Crippen molar-refractivity contribution in [3.8, 4) is 0 Å². The van der Waals surface area contributed by atoms with Crippen molar-refractivity contribution in [2.24, 2.45) is 0 Å². The summed E-state index contributed by atoms with van der Waals surface area (Å²) in [5.41, 5.74) is 0. The van der Waals surface area contributed by atoms with E-state index in [0.29, 0.717) is 0 Å². The third-order valence-corrected chi connectivity index (χ3v) is 5.24. The van der Waals surface area contributed by atoms with Crippen molar-refractivity contribution in [3.05, 3.63) is 30.3 Å². The Morgan fingerprint density at radius 3 is 2.77 bits per heavy atom. The molecule has 0 fully saturated rings. The number of aromatic nitrogens is 3. The molecular formula is C7H5I2N3S. The van der Waals surface area contributed by atoms with Crippen LogP contribution in [0.4, 0.5) is 0 Å². The van der Waals surface area contributed by atoms with E-state index >= 15 is 0 Å². The van der Waals surface area contributed by atoms with Gasteiger partial charge in [-0.25, -0.2) is 9.97 Å². The van der Waals surface area contributed by atoms with Gasteiger partial charge in [0, 0.05) is 11.6 Å². The average Bonchev–Trinajstić information content (AvgIpc) is 2.71. The van der Waals surface area contributed by atoms with Crippen LogP contribution in [0, 0.1) is 7.40 Å². The maximum Gasteiger partial charge on any atom is 0.132 e. The number of hydrogen-bond acceptors (Lipinski definition) is 3. The molecule has 0 spiro atoms. The van der Waals surface area contributed by atoms with Crippen LogP contribution in [0.2, 0.25) is 0 Å². The second kappa shape index (κ2) is 4.22. The van der Waals surface area contributed by atoms with E-state index in [1.807, 2.05) is 17.9 Å². The van der Waals surface area contributed by atoms with Crippen LogP contribution in [-0.4, -0.2) is 14.5 Å². The number of rotatable bonds is 2. The summed E-state index contributed by atoms with van der Waals surface area (Å²) in [7, 11) is 0. The van der Waals surface area contributed by atoms with Crippen LogP contribution < -0.4 is 0 Å².